The zero-order chi connectivity index (χ0) is 15.4. The minimum absolute atomic E-state index is 0.143. The number of hydrogen-bond donors (Lipinski definition) is 1. The van der Waals surface area contributed by atoms with Gasteiger partial charge in [0.25, 0.3) is 5.91 Å². The molecule has 21 heavy (non-hydrogen) atoms. The fraction of sp³-hybridized carbons (Fsp3) is 0.188. The lowest BCUT2D eigenvalue weighted by atomic mass is 10.1. The third-order valence-electron chi connectivity index (χ3n) is 3.23. The SMILES string of the molecule is CNc1ccc(Cl)cc1C(=O)N(C)c1cccc(OC)c1. The molecule has 0 aromatic heterocycles. The van der Waals surface area contributed by atoms with Gasteiger partial charge >= 0.3 is 0 Å². The summed E-state index contributed by atoms with van der Waals surface area (Å²) in [5, 5.41) is 3.53. The second-order valence-corrected chi connectivity index (χ2v) is 4.94. The van der Waals surface area contributed by atoms with E-state index >= 15 is 0 Å². The zero-order valence-corrected chi connectivity index (χ0v) is 12.9. The van der Waals surface area contributed by atoms with E-state index in [2.05, 4.69) is 5.32 Å². The first-order chi connectivity index (χ1) is 10.1. The van der Waals surface area contributed by atoms with Crippen LogP contribution in [0.4, 0.5) is 11.4 Å². The second-order valence-electron chi connectivity index (χ2n) is 4.51. The van der Waals surface area contributed by atoms with Crippen LogP contribution in [0.3, 0.4) is 0 Å². The Labute approximate surface area is 129 Å². The molecule has 0 aliphatic rings. The van der Waals surface area contributed by atoms with Gasteiger partial charge in [0.05, 0.1) is 12.7 Å². The lowest BCUT2D eigenvalue weighted by Gasteiger charge is -2.20. The van der Waals surface area contributed by atoms with E-state index < -0.39 is 0 Å². The van der Waals surface area contributed by atoms with Crippen LogP contribution in [-0.4, -0.2) is 27.1 Å². The first kappa shape index (κ1) is 15.2. The van der Waals surface area contributed by atoms with Gasteiger partial charge in [0.2, 0.25) is 0 Å². The summed E-state index contributed by atoms with van der Waals surface area (Å²) in [7, 11) is 5.08. The van der Waals surface area contributed by atoms with E-state index in [9.17, 15) is 4.79 Å². The molecule has 0 atom stereocenters. The molecule has 2 aromatic carbocycles. The molecule has 0 unspecified atom stereocenters. The zero-order valence-electron chi connectivity index (χ0n) is 12.2. The monoisotopic (exact) mass is 304 g/mol. The molecule has 0 spiro atoms. The molecule has 0 saturated heterocycles. The van der Waals surface area contributed by atoms with Crippen LogP contribution >= 0.6 is 11.6 Å². The Morgan fingerprint density at radius 2 is 2.00 bits per heavy atom. The minimum atomic E-state index is -0.143. The number of halogens is 1. The van der Waals surface area contributed by atoms with Crippen molar-refractivity contribution in [2.45, 2.75) is 0 Å². The van der Waals surface area contributed by atoms with Crippen molar-refractivity contribution in [3.8, 4) is 5.75 Å². The Hall–Kier alpha value is -2.20. The Kier molecular flexibility index (Phi) is 4.70. The highest BCUT2D eigenvalue weighted by molar-refractivity contribution is 6.31. The number of nitrogens with zero attached hydrogens (tertiary/aromatic N) is 1. The Morgan fingerprint density at radius 1 is 1.24 bits per heavy atom. The largest absolute Gasteiger partial charge is 0.497 e. The number of carbonyl (C=O) groups excluding carboxylic acids is 1. The molecule has 1 amide bonds. The predicted octanol–water partition coefficient (Wildman–Crippen LogP) is 3.67. The van der Waals surface area contributed by atoms with Gasteiger partial charge in [0.1, 0.15) is 5.75 Å². The van der Waals surface area contributed by atoms with Crippen LogP contribution in [0.15, 0.2) is 42.5 Å². The maximum atomic E-state index is 12.7. The number of rotatable bonds is 4. The van der Waals surface area contributed by atoms with Crippen LogP contribution in [0.2, 0.25) is 5.02 Å². The van der Waals surface area contributed by atoms with E-state index in [4.69, 9.17) is 16.3 Å². The molecule has 0 radical (unpaired) electrons. The molecule has 2 rings (SSSR count). The predicted molar refractivity (Wildman–Crippen MR) is 86.7 cm³/mol. The number of benzene rings is 2. The van der Waals surface area contributed by atoms with Crippen LogP contribution in [0.25, 0.3) is 0 Å². The molecule has 1 N–H and O–H groups in total. The lowest BCUT2D eigenvalue weighted by molar-refractivity contribution is 0.0994. The molecule has 4 nitrogen and oxygen atoms in total. The number of hydrogen-bond acceptors (Lipinski definition) is 3. The van der Waals surface area contributed by atoms with Crippen molar-refractivity contribution in [1.29, 1.82) is 0 Å². The standard InChI is InChI=1S/C16H17ClN2O2/c1-18-15-8-7-11(17)9-14(15)16(20)19(2)12-5-4-6-13(10-12)21-3/h4-10,18H,1-3H3. The summed E-state index contributed by atoms with van der Waals surface area (Å²) in [6.45, 7) is 0. The highest BCUT2D eigenvalue weighted by atomic mass is 35.5. The van der Waals surface area contributed by atoms with Gasteiger partial charge < -0.3 is 15.0 Å². The van der Waals surface area contributed by atoms with E-state index in [-0.39, 0.29) is 5.91 Å². The third-order valence-corrected chi connectivity index (χ3v) is 3.46. The van der Waals surface area contributed by atoms with Crippen molar-refractivity contribution in [2.24, 2.45) is 0 Å². The van der Waals surface area contributed by atoms with E-state index in [1.165, 1.54) is 0 Å². The maximum absolute atomic E-state index is 12.7. The number of amides is 1. The molecule has 0 aliphatic heterocycles. The van der Waals surface area contributed by atoms with E-state index in [1.807, 2.05) is 24.3 Å². The average molecular weight is 305 g/mol. The topological polar surface area (TPSA) is 41.6 Å². The maximum Gasteiger partial charge on any atom is 0.260 e. The molecule has 5 heteroatoms. The van der Waals surface area contributed by atoms with E-state index in [1.54, 1.807) is 44.3 Å². The molecule has 0 heterocycles. The van der Waals surface area contributed by atoms with Gasteiger partial charge in [-0.05, 0) is 30.3 Å². The van der Waals surface area contributed by atoms with Crippen molar-refractivity contribution < 1.29 is 9.53 Å². The number of nitrogens with one attached hydrogen (secondary N) is 1. The summed E-state index contributed by atoms with van der Waals surface area (Å²) < 4.78 is 5.18. The quantitative estimate of drug-likeness (QED) is 0.937. The molecule has 0 saturated carbocycles. The van der Waals surface area contributed by atoms with Gasteiger partial charge in [0, 0.05) is 36.6 Å². The van der Waals surface area contributed by atoms with Crippen molar-refractivity contribution in [2.75, 3.05) is 31.4 Å². The molecular formula is C16H17ClN2O2. The van der Waals surface area contributed by atoms with E-state index in [0.29, 0.717) is 16.3 Å². The first-order valence-corrected chi connectivity index (χ1v) is 6.84. The summed E-state index contributed by atoms with van der Waals surface area (Å²) in [5.74, 6) is 0.558. The minimum Gasteiger partial charge on any atom is -0.497 e. The summed E-state index contributed by atoms with van der Waals surface area (Å²) in [6.07, 6.45) is 0. The highest BCUT2D eigenvalue weighted by Crippen LogP contribution is 2.25. The average Bonchev–Trinajstić information content (AvgIpc) is 2.53. The summed E-state index contributed by atoms with van der Waals surface area (Å²) >= 11 is 6.00. The molecule has 110 valence electrons. The summed E-state index contributed by atoms with van der Waals surface area (Å²) in [5.41, 5.74) is 2.01. The van der Waals surface area contributed by atoms with E-state index in [0.717, 1.165) is 11.4 Å². The first-order valence-electron chi connectivity index (χ1n) is 6.46. The van der Waals surface area contributed by atoms with Crippen LogP contribution in [-0.2, 0) is 0 Å². The van der Waals surface area contributed by atoms with Crippen molar-refractivity contribution in [3.05, 3.63) is 53.1 Å². The molecule has 0 bridgehead atoms. The lowest BCUT2D eigenvalue weighted by Crippen LogP contribution is -2.27. The van der Waals surface area contributed by atoms with Crippen molar-refractivity contribution >= 4 is 28.9 Å². The Balaban J connectivity index is 2.36. The molecule has 0 fully saturated rings. The molecule has 2 aromatic rings. The Morgan fingerprint density at radius 3 is 2.67 bits per heavy atom. The smallest absolute Gasteiger partial charge is 0.260 e. The van der Waals surface area contributed by atoms with Gasteiger partial charge in [-0.3, -0.25) is 4.79 Å². The summed E-state index contributed by atoms with van der Waals surface area (Å²) in [6, 6.07) is 12.5. The normalized spacial score (nSPS) is 10.1. The summed E-state index contributed by atoms with van der Waals surface area (Å²) in [4.78, 5) is 14.2. The fourth-order valence-corrected chi connectivity index (χ4v) is 2.20. The number of anilines is 2. The van der Waals surface area contributed by atoms with Gasteiger partial charge in [-0.25, -0.2) is 0 Å². The highest BCUT2D eigenvalue weighted by Gasteiger charge is 2.17. The van der Waals surface area contributed by atoms with Crippen molar-refractivity contribution in [3.63, 3.8) is 0 Å². The van der Waals surface area contributed by atoms with Gasteiger partial charge in [0.15, 0.2) is 0 Å². The van der Waals surface area contributed by atoms with Crippen LogP contribution in [0.5, 0.6) is 5.75 Å². The van der Waals surface area contributed by atoms with Crippen molar-refractivity contribution in [1.82, 2.24) is 0 Å². The number of ether oxygens (including phenoxy) is 1. The van der Waals surface area contributed by atoms with Crippen LogP contribution < -0.4 is 15.0 Å². The number of carbonyl (C=O) groups is 1. The van der Waals surface area contributed by atoms with Gasteiger partial charge in [-0.2, -0.15) is 0 Å². The third kappa shape index (κ3) is 3.28. The Bertz CT molecular complexity index is 658. The van der Waals surface area contributed by atoms with Gasteiger partial charge in [-0.15, -0.1) is 0 Å². The van der Waals surface area contributed by atoms with Crippen LogP contribution in [0, 0.1) is 0 Å². The van der Waals surface area contributed by atoms with Gasteiger partial charge in [-0.1, -0.05) is 17.7 Å². The van der Waals surface area contributed by atoms with Crippen LogP contribution in [0.1, 0.15) is 10.4 Å². The number of methoxy groups -OCH3 is 1. The fourth-order valence-electron chi connectivity index (χ4n) is 2.03. The molecular weight excluding hydrogens is 288 g/mol. The molecule has 0 aliphatic carbocycles. The second kappa shape index (κ2) is 6.50.